The van der Waals surface area contributed by atoms with Gasteiger partial charge in [-0.1, -0.05) is 25.8 Å². The fourth-order valence-electron chi connectivity index (χ4n) is 3.37. The summed E-state index contributed by atoms with van der Waals surface area (Å²) in [5.41, 5.74) is 0.892. The van der Waals surface area contributed by atoms with Crippen LogP contribution in [0, 0.1) is 0 Å². The number of imidazole rings is 1. The number of aliphatic hydroxyl groups is 1. The summed E-state index contributed by atoms with van der Waals surface area (Å²) in [5.74, 6) is -0.257. The number of rotatable bonds is 9. The van der Waals surface area contributed by atoms with Gasteiger partial charge in [0.15, 0.2) is 5.76 Å². The lowest BCUT2D eigenvalue weighted by Crippen LogP contribution is -2.31. The molecule has 1 atom stereocenters. The molecule has 1 N–H and O–H groups in total. The van der Waals surface area contributed by atoms with Gasteiger partial charge in [-0.15, -0.1) is 11.3 Å². The number of amides is 1. The smallest absolute Gasteiger partial charge is 0.289 e. The molecule has 2 aromatic heterocycles. The van der Waals surface area contributed by atoms with Crippen molar-refractivity contribution in [1.29, 1.82) is 0 Å². The third-order valence-electron chi connectivity index (χ3n) is 4.65. The van der Waals surface area contributed by atoms with Crippen LogP contribution in [0.15, 0.2) is 47.6 Å². The topological polar surface area (TPSA) is 58.4 Å². The average Bonchev–Trinajstić information content (AvgIpc) is 3.34. The van der Waals surface area contributed by atoms with Gasteiger partial charge in [0.25, 0.3) is 5.91 Å². The fourth-order valence-corrected chi connectivity index (χ4v) is 4.24. The summed E-state index contributed by atoms with van der Waals surface area (Å²) in [5, 5.41) is 12.5. The van der Waals surface area contributed by atoms with E-state index >= 15 is 0 Å². The van der Waals surface area contributed by atoms with Gasteiger partial charge in [-0.25, -0.2) is 4.98 Å². The molecule has 0 radical (unpaired) electrons. The van der Waals surface area contributed by atoms with E-state index in [1.807, 2.05) is 27.1 Å². The van der Waals surface area contributed by atoms with Crippen LogP contribution in [0.25, 0.3) is 0 Å². The highest BCUT2D eigenvalue weighted by Gasteiger charge is 2.39. The zero-order valence-electron chi connectivity index (χ0n) is 14.6. The van der Waals surface area contributed by atoms with Crippen LogP contribution in [0.2, 0.25) is 0 Å². The van der Waals surface area contributed by atoms with Crippen molar-refractivity contribution in [3.05, 3.63) is 52.4 Å². The molecule has 1 aliphatic rings. The standard InChI is InChI=1S/C19H25N3O2S/c1-2-3-4-7-15-17(16-8-5-13-25-16)22(19(24)18(15)23)11-6-10-21-12-9-20-14-21/h5,8-9,12-14,17,23H,2-4,6-7,10-11H2,1H3. The zero-order chi connectivity index (χ0) is 17.6. The van der Waals surface area contributed by atoms with E-state index in [9.17, 15) is 9.90 Å². The number of thiophene rings is 1. The Morgan fingerprint density at radius 1 is 1.28 bits per heavy atom. The predicted octanol–water partition coefficient (Wildman–Crippen LogP) is 4.31. The molecule has 134 valence electrons. The third kappa shape index (κ3) is 3.95. The van der Waals surface area contributed by atoms with Gasteiger partial charge < -0.3 is 14.6 Å². The highest BCUT2D eigenvalue weighted by Crippen LogP contribution is 2.41. The molecule has 0 saturated carbocycles. The van der Waals surface area contributed by atoms with Crippen molar-refractivity contribution in [3.8, 4) is 0 Å². The molecule has 1 amide bonds. The average molecular weight is 359 g/mol. The largest absolute Gasteiger partial charge is 0.503 e. The molecule has 0 aliphatic carbocycles. The maximum atomic E-state index is 12.6. The van der Waals surface area contributed by atoms with Crippen molar-refractivity contribution in [3.63, 3.8) is 0 Å². The molecular weight excluding hydrogens is 334 g/mol. The summed E-state index contributed by atoms with van der Waals surface area (Å²) in [6.45, 7) is 3.60. The van der Waals surface area contributed by atoms with E-state index in [1.165, 1.54) is 0 Å². The van der Waals surface area contributed by atoms with Crippen LogP contribution < -0.4 is 0 Å². The van der Waals surface area contributed by atoms with Crippen molar-refractivity contribution in [2.75, 3.05) is 6.54 Å². The summed E-state index contributed by atoms with van der Waals surface area (Å²) in [7, 11) is 0. The fraction of sp³-hybridized carbons (Fsp3) is 0.474. The van der Waals surface area contributed by atoms with E-state index in [0.29, 0.717) is 6.54 Å². The van der Waals surface area contributed by atoms with E-state index in [1.54, 1.807) is 23.9 Å². The number of hydrogen-bond acceptors (Lipinski definition) is 4. The Bertz CT molecular complexity index is 707. The molecule has 0 saturated heterocycles. The van der Waals surface area contributed by atoms with Gasteiger partial charge in [-0.05, 0) is 30.7 Å². The molecule has 1 unspecified atom stereocenters. The molecular formula is C19H25N3O2S. The summed E-state index contributed by atoms with van der Waals surface area (Å²) in [4.78, 5) is 19.7. The van der Waals surface area contributed by atoms with Crippen molar-refractivity contribution < 1.29 is 9.90 Å². The molecule has 0 aromatic carbocycles. The van der Waals surface area contributed by atoms with E-state index in [0.717, 1.165) is 49.1 Å². The Labute approximate surface area is 152 Å². The minimum atomic E-state index is -0.226. The van der Waals surface area contributed by atoms with Gasteiger partial charge in [-0.2, -0.15) is 0 Å². The Morgan fingerprint density at radius 3 is 2.84 bits per heavy atom. The molecule has 2 aromatic rings. The quantitative estimate of drug-likeness (QED) is 0.679. The van der Waals surface area contributed by atoms with E-state index < -0.39 is 0 Å². The first-order valence-electron chi connectivity index (χ1n) is 8.94. The van der Waals surface area contributed by atoms with Crippen LogP contribution in [0.5, 0.6) is 0 Å². The Hall–Kier alpha value is -2.08. The number of unbranched alkanes of at least 4 members (excludes halogenated alkanes) is 2. The molecule has 3 rings (SSSR count). The van der Waals surface area contributed by atoms with E-state index in [2.05, 4.69) is 18.0 Å². The van der Waals surface area contributed by atoms with Gasteiger partial charge in [-0.3, -0.25) is 4.79 Å². The van der Waals surface area contributed by atoms with Crippen molar-refractivity contribution >= 4 is 17.2 Å². The van der Waals surface area contributed by atoms with Gasteiger partial charge in [0.2, 0.25) is 0 Å². The molecule has 0 spiro atoms. The van der Waals surface area contributed by atoms with Gasteiger partial charge in [0, 0.05) is 35.9 Å². The summed E-state index contributed by atoms with van der Waals surface area (Å²) in [6, 6.07) is 3.96. The van der Waals surface area contributed by atoms with Crippen LogP contribution in [-0.2, 0) is 11.3 Å². The highest BCUT2D eigenvalue weighted by molar-refractivity contribution is 7.10. The monoisotopic (exact) mass is 359 g/mol. The Balaban J connectivity index is 1.73. The SMILES string of the molecule is CCCCCC1=C(O)C(=O)N(CCCn2ccnc2)C1c1cccs1. The Kier molecular flexibility index (Phi) is 5.91. The summed E-state index contributed by atoms with van der Waals surface area (Å²) >= 11 is 1.65. The Morgan fingerprint density at radius 2 is 2.16 bits per heavy atom. The zero-order valence-corrected chi connectivity index (χ0v) is 15.4. The van der Waals surface area contributed by atoms with Crippen LogP contribution >= 0.6 is 11.3 Å². The number of aromatic nitrogens is 2. The summed E-state index contributed by atoms with van der Waals surface area (Å²) in [6.07, 6.45) is 10.3. The maximum absolute atomic E-state index is 12.6. The number of carbonyl (C=O) groups excluding carboxylic acids is 1. The lowest BCUT2D eigenvalue weighted by Gasteiger charge is -2.26. The molecule has 5 nitrogen and oxygen atoms in total. The number of aryl methyl sites for hydroxylation is 1. The second kappa shape index (κ2) is 8.34. The van der Waals surface area contributed by atoms with Gasteiger partial charge >= 0.3 is 0 Å². The van der Waals surface area contributed by atoms with Gasteiger partial charge in [0.1, 0.15) is 0 Å². The minimum absolute atomic E-state index is 0.0304. The molecule has 25 heavy (non-hydrogen) atoms. The van der Waals surface area contributed by atoms with Crippen molar-refractivity contribution in [2.45, 2.75) is 51.6 Å². The first kappa shape index (κ1) is 17.7. The highest BCUT2D eigenvalue weighted by atomic mass is 32.1. The number of nitrogens with zero attached hydrogens (tertiary/aromatic N) is 3. The van der Waals surface area contributed by atoms with Gasteiger partial charge in [0.05, 0.1) is 12.4 Å². The second-order valence-corrected chi connectivity index (χ2v) is 7.38. The van der Waals surface area contributed by atoms with Crippen LogP contribution in [0.4, 0.5) is 0 Å². The minimum Gasteiger partial charge on any atom is -0.503 e. The number of carbonyl (C=O) groups is 1. The van der Waals surface area contributed by atoms with Crippen molar-refractivity contribution in [1.82, 2.24) is 14.5 Å². The molecule has 0 bridgehead atoms. The van der Waals surface area contributed by atoms with Crippen LogP contribution in [-0.4, -0.2) is 32.0 Å². The predicted molar refractivity (Wildman–Crippen MR) is 99.4 cm³/mol. The second-order valence-electron chi connectivity index (χ2n) is 6.40. The summed E-state index contributed by atoms with van der Waals surface area (Å²) < 4.78 is 2.01. The number of aliphatic hydroxyl groups excluding tert-OH is 1. The van der Waals surface area contributed by atoms with Crippen molar-refractivity contribution in [2.24, 2.45) is 0 Å². The molecule has 6 heteroatoms. The molecule has 0 fully saturated rings. The van der Waals surface area contributed by atoms with E-state index in [-0.39, 0.29) is 17.7 Å². The maximum Gasteiger partial charge on any atom is 0.289 e. The lowest BCUT2D eigenvalue weighted by molar-refractivity contribution is -0.129. The van der Waals surface area contributed by atoms with Crippen LogP contribution in [0.3, 0.4) is 0 Å². The first-order valence-corrected chi connectivity index (χ1v) is 9.82. The number of hydrogen-bond donors (Lipinski definition) is 1. The first-order chi connectivity index (χ1) is 12.2. The molecule has 1 aliphatic heterocycles. The van der Waals surface area contributed by atoms with Crippen LogP contribution in [0.1, 0.15) is 49.9 Å². The third-order valence-corrected chi connectivity index (χ3v) is 5.57. The molecule has 3 heterocycles. The van der Waals surface area contributed by atoms with E-state index in [4.69, 9.17) is 0 Å². The normalized spacial score (nSPS) is 17.7. The lowest BCUT2D eigenvalue weighted by atomic mass is 10.00.